The van der Waals surface area contributed by atoms with Crippen LogP contribution in [-0.2, 0) is 16.6 Å². The number of hydrogen-bond donors (Lipinski definition) is 1. The Morgan fingerprint density at radius 3 is 2.35 bits per heavy atom. The van der Waals surface area contributed by atoms with Gasteiger partial charge >= 0.3 is 0 Å². The van der Waals surface area contributed by atoms with Crippen LogP contribution in [0, 0.1) is 6.92 Å². The number of aryl methyl sites for hydroxylation is 1. The number of rotatable bonds is 5. The highest BCUT2D eigenvalue weighted by Crippen LogP contribution is 2.17. The summed E-state index contributed by atoms with van der Waals surface area (Å²) in [7, 11) is -3.56. The average molecular weight is 327 g/mol. The molecule has 0 aliphatic heterocycles. The molecule has 0 spiro atoms. The molecular weight excluding hydrogens is 310 g/mol. The lowest BCUT2D eigenvalue weighted by molar-refractivity contribution is 0.601. The summed E-state index contributed by atoms with van der Waals surface area (Å²) in [5.41, 5.74) is 2.61. The van der Waals surface area contributed by atoms with Gasteiger partial charge in [0.05, 0.1) is 11.4 Å². The largest absolute Gasteiger partial charge is 0.280 e. The molecule has 0 saturated heterocycles. The monoisotopic (exact) mass is 327 g/mol. The highest BCUT2D eigenvalue weighted by Gasteiger charge is 2.13. The van der Waals surface area contributed by atoms with Crippen molar-refractivity contribution in [2.45, 2.75) is 18.4 Å². The maximum Gasteiger partial charge on any atom is 0.261 e. The molecule has 0 saturated carbocycles. The van der Waals surface area contributed by atoms with Gasteiger partial charge in [0, 0.05) is 18.1 Å². The molecule has 118 valence electrons. The molecule has 23 heavy (non-hydrogen) atoms. The van der Waals surface area contributed by atoms with Gasteiger partial charge < -0.3 is 0 Å². The maximum atomic E-state index is 12.3. The van der Waals surface area contributed by atoms with Crippen LogP contribution in [0.3, 0.4) is 0 Å². The van der Waals surface area contributed by atoms with Crippen LogP contribution in [0.2, 0.25) is 0 Å². The van der Waals surface area contributed by atoms with Crippen molar-refractivity contribution >= 4 is 15.7 Å². The van der Waals surface area contributed by atoms with E-state index < -0.39 is 10.0 Å². The van der Waals surface area contributed by atoms with E-state index in [1.165, 1.54) is 0 Å². The summed E-state index contributed by atoms with van der Waals surface area (Å²) in [5, 5.41) is 4.15. The third kappa shape index (κ3) is 3.78. The number of hydrogen-bond acceptors (Lipinski definition) is 3. The Balaban J connectivity index is 1.73. The van der Waals surface area contributed by atoms with E-state index in [2.05, 4.69) is 9.82 Å². The van der Waals surface area contributed by atoms with Gasteiger partial charge in [0.2, 0.25) is 0 Å². The molecule has 3 aromatic rings. The van der Waals surface area contributed by atoms with E-state index >= 15 is 0 Å². The Morgan fingerprint density at radius 1 is 1.04 bits per heavy atom. The zero-order valence-corrected chi connectivity index (χ0v) is 13.5. The summed E-state index contributed by atoms with van der Waals surface area (Å²) >= 11 is 0. The Morgan fingerprint density at radius 2 is 1.74 bits per heavy atom. The fraction of sp³-hybridized carbons (Fsp3) is 0.118. The molecule has 1 N–H and O–H groups in total. The highest BCUT2D eigenvalue weighted by molar-refractivity contribution is 7.92. The van der Waals surface area contributed by atoms with Crippen molar-refractivity contribution in [2.24, 2.45) is 0 Å². The van der Waals surface area contributed by atoms with Gasteiger partial charge in [-0.2, -0.15) is 5.10 Å². The van der Waals surface area contributed by atoms with Crippen molar-refractivity contribution in [3.8, 4) is 0 Å². The Bertz CT molecular complexity index is 869. The Labute approximate surface area is 135 Å². The molecule has 0 aliphatic carbocycles. The van der Waals surface area contributed by atoms with E-state index in [1.807, 2.05) is 36.0 Å². The van der Waals surface area contributed by atoms with Gasteiger partial charge in [0.25, 0.3) is 10.0 Å². The molecule has 0 bridgehead atoms. The molecule has 2 aromatic carbocycles. The van der Waals surface area contributed by atoms with Crippen molar-refractivity contribution in [3.63, 3.8) is 0 Å². The van der Waals surface area contributed by atoms with Crippen molar-refractivity contribution < 1.29 is 8.42 Å². The number of benzene rings is 2. The standard InChI is InChI=1S/C17H17N3O2S/c1-14-3-9-17(10-4-14)23(21,22)19-16-7-5-15(6-8-16)13-20-12-2-11-18-20/h2-12,19H,13H2,1H3. The summed E-state index contributed by atoms with van der Waals surface area (Å²) in [5.74, 6) is 0. The van der Waals surface area contributed by atoms with Crippen LogP contribution in [0.15, 0.2) is 71.9 Å². The van der Waals surface area contributed by atoms with Crippen LogP contribution in [0.1, 0.15) is 11.1 Å². The number of aromatic nitrogens is 2. The topological polar surface area (TPSA) is 64.0 Å². The second-order valence-electron chi connectivity index (χ2n) is 5.32. The van der Waals surface area contributed by atoms with Crippen molar-refractivity contribution in [1.29, 1.82) is 0 Å². The second kappa shape index (κ2) is 6.26. The minimum absolute atomic E-state index is 0.253. The number of anilines is 1. The molecule has 0 aliphatic rings. The molecule has 0 fully saturated rings. The molecule has 1 aromatic heterocycles. The fourth-order valence-electron chi connectivity index (χ4n) is 2.19. The molecule has 5 nitrogen and oxygen atoms in total. The first kappa shape index (κ1) is 15.3. The third-order valence-corrected chi connectivity index (χ3v) is 4.84. The first-order valence-electron chi connectivity index (χ1n) is 7.19. The number of sulfonamides is 1. The lowest BCUT2D eigenvalue weighted by Crippen LogP contribution is -2.13. The van der Waals surface area contributed by atoms with Gasteiger partial charge in [-0.05, 0) is 42.8 Å². The predicted molar refractivity (Wildman–Crippen MR) is 89.8 cm³/mol. The van der Waals surface area contributed by atoms with Gasteiger partial charge in [-0.1, -0.05) is 29.8 Å². The molecule has 0 radical (unpaired) electrons. The molecule has 0 atom stereocenters. The second-order valence-corrected chi connectivity index (χ2v) is 7.00. The maximum absolute atomic E-state index is 12.3. The Hall–Kier alpha value is -2.60. The SMILES string of the molecule is Cc1ccc(S(=O)(=O)Nc2ccc(Cn3cccn3)cc2)cc1. The van der Waals surface area contributed by atoms with Crippen LogP contribution in [-0.4, -0.2) is 18.2 Å². The van der Waals surface area contributed by atoms with E-state index in [1.54, 1.807) is 42.6 Å². The van der Waals surface area contributed by atoms with Crippen LogP contribution in [0.4, 0.5) is 5.69 Å². The quantitative estimate of drug-likeness (QED) is 0.783. The number of nitrogens with zero attached hydrogens (tertiary/aromatic N) is 2. The zero-order valence-electron chi connectivity index (χ0n) is 12.7. The summed E-state index contributed by atoms with van der Waals surface area (Å²) in [6, 6.07) is 15.9. The highest BCUT2D eigenvalue weighted by atomic mass is 32.2. The third-order valence-electron chi connectivity index (χ3n) is 3.44. The van der Waals surface area contributed by atoms with Gasteiger partial charge in [0.1, 0.15) is 0 Å². The Kier molecular flexibility index (Phi) is 4.16. The van der Waals surface area contributed by atoms with Crippen LogP contribution < -0.4 is 4.72 Å². The van der Waals surface area contributed by atoms with Gasteiger partial charge in [0.15, 0.2) is 0 Å². The average Bonchev–Trinajstić information content (AvgIpc) is 3.02. The van der Waals surface area contributed by atoms with Crippen LogP contribution in [0.25, 0.3) is 0 Å². The fourth-order valence-corrected chi connectivity index (χ4v) is 3.25. The minimum Gasteiger partial charge on any atom is -0.280 e. The zero-order chi connectivity index (χ0) is 16.3. The van der Waals surface area contributed by atoms with Crippen LogP contribution in [0.5, 0.6) is 0 Å². The van der Waals surface area contributed by atoms with Crippen molar-refractivity contribution in [3.05, 3.63) is 78.1 Å². The molecule has 1 heterocycles. The summed E-state index contributed by atoms with van der Waals surface area (Å²) in [4.78, 5) is 0.253. The van der Waals surface area contributed by atoms with E-state index in [9.17, 15) is 8.42 Å². The molecule has 0 unspecified atom stereocenters. The van der Waals surface area contributed by atoms with E-state index in [4.69, 9.17) is 0 Å². The molecule has 6 heteroatoms. The van der Waals surface area contributed by atoms with Crippen molar-refractivity contribution in [1.82, 2.24) is 9.78 Å². The smallest absolute Gasteiger partial charge is 0.261 e. The predicted octanol–water partition coefficient (Wildman–Crippen LogP) is 3.04. The lowest BCUT2D eigenvalue weighted by Gasteiger charge is -2.09. The van der Waals surface area contributed by atoms with Gasteiger partial charge in [-0.25, -0.2) is 8.42 Å². The normalized spacial score (nSPS) is 11.3. The van der Waals surface area contributed by atoms with E-state index in [0.29, 0.717) is 12.2 Å². The van der Waals surface area contributed by atoms with E-state index in [-0.39, 0.29) is 4.90 Å². The van der Waals surface area contributed by atoms with E-state index in [0.717, 1.165) is 11.1 Å². The summed E-state index contributed by atoms with van der Waals surface area (Å²) < 4.78 is 29.1. The van der Waals surface area contributed by atoms with Crippen molar-refractivity contribution in [2.75, 3.05) is 4.72 Å². The molecule has 0 amide bonds. The minimum atomic E-state index is -3.56. The first-order chi connectivity index (χ1) is 11.0. The van der Waals surface area contributed by atoms with Gasteiger partial charge in [-0.3, -0.25) is 9.40 Å². The van der Waals surface area contributed by atoms with Gasteiger partial charge in [-0.15, -0.1) is 0 Å². The summed E-state index contributed by atoms with van der Waals surface area (Å²) in [6.07, 6.45) is 3.61. The molecule has 3 rings (SSSR count). The lowest BCUT2D eigenvalue weighted by atomic mass is 10.2. The number of nitrogens with one attached hydrogen (secondary N) is 1. The first-order valence-corrected chi connectivity index (χ1v) is 8.67. The summed E-state index contributed by atoms with van der Waals surface area (Å²) in [6.45, 7) is 2.57. The molecular formula is C17H17N3O2S. The van der Waals surface area contributed by atoms with Crippen LogP contribution >= 0.6 is 0 Å².